The highest BCUT2D eigenvalue weighted by Gasteiger charge is 2.11. The van der Waals surface area contributed by atoms with E-state index in [4.69, 9.17) is 0 Å². The average molecular weight is 348 g/mol. The van der Waals surface area contributed by atoms with Gasteiger partial charge in [0.05, 0.1) is 10.0 Å². The molecule has 3 aromatic rings. The zero-order valence-corrected chi connectivity index (χ0v) is 12.5. The molecule has 0 unspecified atom stereocenters. The second-order valence-corrected chi connectivity index (χ2v) is 5.59. The lowest BCUT2D eigenvalue weighted by molar-refractivity contribution is 0.0699. The van der Waals surface area contributed by atoms with Crippen molar-refractivity contribution < 1.29 is 14.3 Å². The van der Waals surface area contributed by atoms with Crippen LogP contribution >= 0.6 is 15.9 Å². The number of carboxylic acid groups (broad SMARTS) is 1. The van der Waals surface area contributed by atoms with E-state index in [0.29, 0.717) is 16.4 Å². The number of aromatic carboxylic acids is 1. The van der Waals surface area contributed by atoms with Gasteiger partial charge in [0, 0.05) is 23.6 Å². The Bertz CT molecular complexity index is 841. The molecule has 0 aliphatic carbocycles. The molecule has 2 aromatic carbocycles. The van der Waals surface area contributed by atoms with E-state index in [1.54, 1.807) is 30.3 Å². The van der Waals surface area contributed by atoms with Crippen molar-refractivity contribution in [2.75, 3.05) is 0 Å². The van der Waals surface area contributed by atoms with Crippen LogP contribution in [0.5, 0.6) is 0 Å². The van der Waals surface area contributed by atoms with Crippen molar-refractivity contribution in [1.29, 1.82) is 0 Å². The summed E-state index contributed by atoms with van der Waals surface area (Å²) < 4.78 is 15.6. The van der Waals surface area contributed by atoms with E-state index in [1.807, 2.05) is 16.8 Å². The Morgan fingerprint density at radius 3 is 2.76 bits per heavy atom. The zero-order chi connectivity index (χ0) is 15.0. The molecule has 1 heterocycles. The van der Waals surface area contributed by atoms with Gasteiger partial charge in [-0.2, -0.15) is 0 Å². The van der Waals surface area contributed by atoms with Crippen molar-refractivity contribution in [2.24, 2.45) is 0 Å². The van der Waals surface area contributed by atoms with Gasteiger partial charge in [-0.3, -0.25) is 0 Å². The molecule has 1 aromatic heterocycles. The third-order valence-electron chi connectivity index (χ3n) is 3.38. The van der Waals surface area contributed by atoms with E-state index < -0.39 is 5.97 Å². The van der Waals surface area contributed by atoms with Crippen LogP contribution in [0.2, 0.25) is 0 Å². The van der Waals surface area contributed by atoms with Gasteiger partial charge in [-0.05, 0) is 51.8 Å². The fourth-order valence-corrected chi connectivity index (χ4v) is 2.81. The molecule has 0 aliphatic rings. The molecule has 0 atom stereocenters. The molecule has 3 nitrogen and oxygen atoms in total. The first-order valence-corrected chi connectivity index (χ1v) is 7.10. The van der Waals surface area contributed by atoms with Crippen LogP contribution in [-0.4, -0.2) is 15.6 Å². The highest BCUT2D eigenvalue weighted by molar-refractivity contribution is 9.10. The average Bonchev–Trinajstić information content (AvgIpc) is 2.86. The second-order valence-electron chi connectivity index (χ2n) is 4.74. The number of hydrogen-bond donors (Lipinski definition) is 1. The molecule has 0 saturated carbocycles. The normalized spacial score (nSPS) is 11.0. The SMILES string of the molecule is O=C(O)c1cccc2c1ccn2Cc1ccc(F)c(Br)c1. The van der Waals surface area contributed by atoms with Gasteiger partial charge in [-0.1, -0.05) is 12.1 Å². The molecule has 0 fully saturated rings. The van der Waals surface area contributed by atoms with Crippen molar-refractivity contribution in [3.63, 3.8) is 0 Å². The van der Waals surface area contributed by atoms with E-state index in [9.17, 15) is 14.3 Å². The van der Waals surface area contributed by atoms with Crippen LogP contribution in [0.1, 0.15) is 15.9 Å². The Morgan fingerprint density at radius 1 is 1.24 bits per heavy atom. The zero-order valence-electron chi connectivity index (χ0n) is 10.9. The summed E-state index contributed by atoms with van der Waals surface area (Å²) in [5, 5.41) is 9.89. The van der Waals surface area contributed by atoms with E-state index in [2.05, 4.69) is 15.9 Å². The molecule has 0 amide bonds. The molecular formula is C16H11BrFNO2. The van der Waals surface area contributed by atoms with Crippen LogP contribution in [-0.2, 0) is 6.54 Å². The Labute approximate surface area is 128 Å². The van der Waals surface area contributed by atoms with Gasteiger partial charge < -0.3 is 9.67 Å². The maximum atomic E-state index is 13.3. The summed E-state index contributed by atoms with van der Waals surface area (Å²) in [7, 11) is 0. The molecule has 0 spiro atoms. The summed E-state index contributed by atoms with van der Waals surface area (Å²) in [6.07, 6.45) is 1.84. The maximum Gasteiger partial charge on any atom is 0.336 e. The van der Waals surface area contributed by atoms with Crippen molar-refractivity contribution in [1.82, 2.24) is 4.57 Å². The van der Waals surface area contributed by atoms with Crippen molar-refractivity contribution in [3.8, 4) is 0 Å². The quantitative estimate of drug-likeness (QED) is 0.767. The molecule has 0 saturated heterocycles. The molecule has 3 rings (SSSR count). The van der Waals surface area contributed by atoms with E-state index in [0.717, 1.165) is 11.1 Å². The van der Waals surface area contributed by atoms with E-state index >= 15 is 0 Å². The number of nitrogens with zero attached hydrogens (tertiary/aromatic N) is 1. The number of carboxylic acids is 1. The third kappa shape index (κ3) is 2.56. The van der Waals surface area contributed by atoms with Crippen LogP contribution in [0.25, 0.3) is 10.9 Å². The smallest absolute Gasteiger partial charge is 0.336 e. The molecule has 0 aliphatic heterocycles. The molecular weight excluding hydrogens is 337 g/mol. The maximum absolute atomic E-state index is 13.3. The lowest BCUT2D eigenvalue weighted by Crippen LogP contribution is -2.00. The van der Waals surface area contributed by atoms with Gasteiger partial charge in [0.2, 0.25) is 0 Å². The summed E-state index contributed by atoms with van der Waals surface area (Å²) in [6.45, 7) is 0.547. The van der Waals surface area contributed by atoms with Crippen LogP contribution in [0.4, 0.5) is 4.39 Å². The number of rotatable bonds is 3. The number of carbonyl (C=O) groups is 1. The van der Waals surface area contributed by atoms with Gasteiger partial charge in [-0.25, -0.2) is 9.18 Å². The topological polar surface area (TPSA) is 42.2 Å². The minimum absolute atomic E-state index is 0.284. The van der Waals surface area contributed by atoms with Crippen molar-refractivity contribution in [2.45, 2.75) is 6.54 Å². The molecule has 0 radical (unpaired) electrons. The minimum Gasteiger partial charge on any atom is -0.478 e. The molecule has 5 heteroatoms. The predicted octanol–water partition coefficient (Wildman–Crippen LogP) is 4.29. The number of aromatic nitrogens is 1. The number of benzene rings is 2. The minimum atomic E-state index is -0.942. The first-order chi connectivity index (χ1) is 10.1. The standard InChI is InChI=1S/C16H11BrFNO2/c17-13-8-10(4-5-14(13)18)9-19-7-6-11-12(16(20)21)2-1-3-15(11)19/h1-8H,9H2,(H,20,21). The first kappa shape index (κ1) is 13.8. The lowest BCUT2D eigenvalue weighted by Gasteiger charge is -2.07. The Kier molecular flexibility index (Phi) is 3.51. The number of fused-ring (bicyclic) bond motifs is 1. The number of halogens is 2. The second kappa shape index (κ2) is 5.33. The highest BCUT2D eigenvalue weighted by Crippen LogP contribution is 2.23. The summed E-state index contributed by atoms with van der Waals surface area (Å²) in [5.41, 5.74) is 2.06. The lowest BCUT2D eigenvalue weighted by atomic mass is 10.1. The highest BCUT2D eigenvalue weighted by atomic mass is 79.9. The van der Waals surface area contributed by atoms with E-state index in [-0.39, 0.29) is 11.4 Å². The predicted molar refractivity (Wildman–Crippen MR) is 82.1 cm³/mol. The van der Waals surface area contributed by atoms with Gasteiger partial charge >= 0.3 is 5.97 Å². The van der Waals surface area contributed by atoms with Crippen LogP contribution in [0.3, 0.4) is 0 Å². The molecule has 1 N–H and O–H groups in total. The van der Waals surface area contributed by atoms with Crippen LogP contribution < -0.4 is 0 Å². The Balaban J connectivity index is 2.03. The molecule has 106 valence electrons. The van der Waals surface area contributed by atoms with Gasteiger partial charge in [0.25, 0.3) is 0 Å². The Morgan fingerprint density at radius 2 is 2.05 bits per heavy atom. The van der Waals surface area contributed by atoms with Crippen LogP contribution in [0.15, 0.2) is 53.1 Å². The molecule has 0 bridgehead atoms. The van der Waals surface area contributed by atoms with Gasteiger partial charge in [0.15, 0.2) is 0 Å². The third-order valence-corrected chi connectivity index (χ3v) is 3.99. The monoisotopic (exact) mass is 347 g/mol. The Hall–Kier alpha value is -2.14. The molecule has 21 heavy (non-hydrogen) atoms. The first-order valence-electron chi connectivity index (χ1n) is 6.31. The number of hydrogen-bond acceptors (Lipinski definition) is 1. The van der Waals surface area contributed by atoms with Gasteiger partial charge in [0.1, 0.15) is 5.82 Å². The summed E-state index contributed by atoms with van der Waals surface area (Å²) >= 11 is 3.17. The van der Waals surface area contributed by atoms with E-state index in [1.165, 1.54) is 6.07 Å². The van der Waals surface area contributed by atoms with Crippen LogP contribution in [0, 0.1) is 5.82 Å². The largest absolute Gasteiger partial charge is 0.478 e. The van der Waals surface area contributed by atoms with Crippen molar-refractivity contribution >= 4 is 32.8 Å². The summed E-state index contributed by atoms with van der Waals surface area (Å²) in [6, 6.07) is 11.8. The fraction of sp³-hybridized carbons (Fsp3) is 0.0625. The summed E-state index contributed by atoms with van der Waals surface area (Å²) in [5.74, 6) is -1.24. The fourth-order valence-electron chi connectivity index (χ4n) is 2.38. The van der Waals surface area contributed by atoms with Gasteiger partial charge in [-0.15, -0.1) is 0 Å². The van der Waals surface area contributed by atoms with Crippen molar-refractivity contribution in [3.05, 3.63) is 70.1 Å². The summed E-state index contributed by atoms with van der Waals surface area (Å²) in [4.78, 5) is 11.2.